The second-order valence-electron chi connectivity index (χ2n) is 5.52. The summed E-state index contributed by atoms with van der Waals surface area (Å²) in [5.41, 5.74) is 1.39. The van der Waals surface area contributed by atoms with Crippen LogP contribution in [0.1, 0.15) is 40.5 Å². The average molecular weight is 333 g/mol. The molecule has 0 saturated carbocycles. The third-order valence-corrected chi connectivity index (χ3v) is 13.7. The Bertz CT molecular complexity index is 308. The Kier molecular flexibility index (Phi) is 8.37. The van der Waals surface area contributed by atoms with Crippen LogP contribution in [-0.2, 0) is 17.7 Å². The molecule has 0 fully saturated rings. The first-order valence-electron chi connectivity index (χ1n) is 8.28. The van der Waals surface area contributed by atoms with E-state index in [9.17, 15) is 0 Å². The minimum absolute atomic E-state index is 0.547. The van der Waals surface area contributed by atoms with Crippen molar-refractivity contribution in [2.75, 3.05) is 26.4 Å². The number of hydrogen-bond donors (Lipinski definition) is 0. The van der Waals surface area contributed by atoms with Gasteiger partial charge in [-0.2, -0.15) is 0 Å². The number of rotatable bonds is 11. The van der Waals surface area contributed by atoms with Crippen LogP contribution in [0.3, 0.4) is 0 Å². The third kappa shape index (κ3) is 5.30. The lowest BCUT2D eigenvalue weighted by Crippen LogP contribution is -2.55. The topological polar surface area (TPSA) is 36.9 Å². The van der Waals surface area contributed by atoms with Crippen LogP contribution in [0.5, 0.6) is 0 Å². The zero-order chi connectivity index (χ0) is 15.8. The van der Waals surface area contributed by atoms with Crippen LogP contribution in [0.4, 0.5) is 0 Å². The lowest BCUT2D eigenvalue weighted by atomic mass is 10.4. The van der Waals surface area contributed by atoms with Crippen LogP contribution in [0, 0.1) is 0 Å². The lowest BCUT2D eigenvalue weighted by Gasteiger charge is -2.38. The molecule has 0 heterocycles. The maximum atomic E-state index is 6.29. The summed E-state index contributed by atoms with van der Waals surface area (Å²) in [5.74, 6) is 0. The smallest absolute Gasteiger partial charge is 0.417 e. The molecule has 0 radical (unpaired) electrons. The van der Waals surface area contributed by atoms with Gasteiger partial charge in [-0.15, -0.1) is 0 Å². The van der Waals surface area contributed by atoms with Gasteiger partial charge in [-0.25, -0.2) is 0 Å². The van der Waals surface area contributed by atoms with Crippen molar-refractivity contribution in [3.63, 3.8) is 0 Å². The van der Waals surface area contributed by atoms with Gasteiger partial charge in [-0.05, 0) is 52.6 Å². The summed E-state index contributed by atoms with van der Waals surface area (Å²) in [6.45, 7) is 13.1. The Morgan fingerprint density at radius 3 is 1.81 bits per heavy atom. The fraction of sp³-hybridized carbons (Fsp3) is 0.867. The minimum atomic E-state index is -2.63. The monoisotopic (exact) mass is 332 g/mol. The van der Waals surface area contributed by atoms with Gasteiger partial charge in [-0.1, -0.05) is 12.2 Å². The van der Waals surface area contributed by atoms with E-state index >= 15 is 0 Å². The Hall–Kier alpha value is 0.0138. The van der Waals surface area contributed by atoms with Crippen molar-refractivity contribution in [2.24, 2.45) is 0 Å². The SMILES string of the molecule is CCO[Si](C[Si](C)(OCC)C1C=CCC1)(OCC)OCC. The molecule has 0 aromatic carbocycles. The van der Waals surface area contributed by atoms with Gasteiger partial charge in [0, 0.05) is 32.1 Å². The van der Waals surface area contributed by atoms with Gasteiger partial charge in [0.25, 0.3) is 0 Å². The van der Waals surface area contributed by atoms with Crippen molar-refractivity contribution in [3.8, 4) is 0 Å². The highest BCUT2D eigenvalue weighted by Gasteiger charge is 2.52. The first-order valence-corrected chi connectivity index (χ1v) is 12.9. The van der Waals surface area contributed by atoms with E-state index in [1.54, 1.807) is 0 Å². The van der Waals surface area contributed by atoms with Crippen molar-refractivity contribution >= 4 is 17.1 Å². The molecule has 0 amide bonds. The summed E-state index contributed by atoms with van der Waals surface area (Å²) >= 11 is 0. The average Bonchev–Trinajstić information content (AvgIpc) is 2.94. The summed E-state index contributed by atoms with van der Waals surface area (Å²) in [7, 11) is -4.60. The molecule has 124 valence electrons. The highest BCUT2D eigenvalue weighted by Crippen LogP contribution is 2.39. The van der Waals surface area contributed by atoms with Gasteiger partial charge in [0.1, 0.15) is 0 Å². The fourth-order valence-corrected chi connectivity index (χ4v) is 13.0. The van der Waals surface area contributed by atoms with Gasteiger partial charge >= 0.3 is 8.80 Å². The second-order valence-corrected chi connectivity index (χ2v) is 12.8. The van der Waals surface area contributed by atoms with E-state index in [0.29, 0.717) is 25.4 Å². The van der Waals surface area contributed by atoms with E-state index in [0.717, 1.165) is 18.7 Å². The molecule has 1 aliphatic rings. The van der Waals surface area contributed by atoms with E-state index in [1.165, 1.54) is 6.42 Å². The van der Waals surface area contributed by atoms with E-state index in [2.05, 4.69) is 25.6 Å². The molecule has 2 unspecified atom stereocenters. The summed E-state index contributed by atoms with van der Waals surface area (Å²) in [4.78, 5) is 0. The van der Waals surface area contributed by atoms with Crippen LogP contribution >= 0.6 is 0 Å². The van der Waals surface area contributed by atoms with Crippen LogP contribution < -0.4 is 0 Å². The summed E-state index contributed by atoms with van der Waals surface area (Å²) < 4.78 is 24.4. The highest BCUT2D eigenvalue weighted by atomic mass is 28.4. The molecule has 0 aromatic rings. The van der Waals surface area contributed by atoms with E-state index < -0.39 is 17.1 Å². The molecule has 4 nitrogen and oxygen atoms in total. The maximum absolute atomic E-state index is 6.29. The van der Waals surface area contributed by atoms with E-state index in [4.69, 9.17) is 17.7 Å². The molecular formula is C15H32O4Si2. The molecule has 0 aliphatic heterocycles. The molecule has 6 heteroatoms. The first-order chi connectivity index (χ1) is 10.1. The van der Waals surface area contributed by atoms with Gasteiger partial charge in [0.2, 0.25) is 8.32 Å². The van der Waals surface area contributed by atoms with Crippen molar-refractivity contribution in [2.45, 2.75) is 58.3 Å². The van der Waals surface area contributed by atoms with Crippen molar-refractivity contribution < 1.29 is 17.7 Å². The third-order valence-electron chi connectivity index (χ3n) is 3.93. The molecule has 2 atom stereocenters. The van der Waals surface area contributed by atoms with Crippen LogP contribution in [0.15, 0.2) is 12.2 Å². The van der Waals surface area contributed by atoms with Crippen LogP contribution in [-0.4, -0.2) is 43.5 Å². The van der Waals surface area contributed by atoms with Gasteiger partial charge in [0.15, 0.2) is 0 Å². The Morgan fingerprint density at radius 1 is 0.905 bits per heavy atom. The molecule has 0 saturated heterocycles. The van der Waals surface area contributed by atoms with E-state index in [-0.39, 0.29) is 0 Å². The number of allylic oxidation sites excluding steroid dienone is 2. The number of hydrogen-bond acceptors (Lipinski definition) is 4. The molecule has 0 bridgehead atoms. The zero-order valence-electron chi connectivity index (χ0n) is 14.3. The predicted molar refractivity (Wildman–Crippen MR) is 90.8 cm³/mol. The Labute approximate surface area is 132 Å². The first kappa shape index (κ1) is 19.1. The van der Waals surface area contributed by atoms with Gasteiger partial charge in [-0.3, -0.25) is 0 Å². The minimum Gasteiger partial charge on any atom is -0.417 e. The molecule has 1 rings (SSSR count). The van der Waals surface area contributed by atoms with Gasteiger partial charge < -0.3 is 17.7 Å². The lowest BCUT2D eigenvalue weighted by molar-refractivity contribution is 0.0740. The van der Waals surface area contributed by atoms with Crippen LogP contribution in [0.25, 0.3) is 0 Å². The quantitative estimate of drug-likeness (QED) is 0.425. The Morgan fingerprint density at radius 2 is 1.43 bits per heavy atom. The maximum Gasteiger partial charge on any atom is 0.500 e. The zero-order valence-corrected chi connectivity index (χ0v) is 16.3. The van der Waals surface area contributed by atoms with Crippen molar-refractivity contribution in [1.29, 1.82) is 0 Å². The second kappa shape index (κ2) is 9.22. The van der Waals surface area contributed by atoms with Crippen molar-refractivity contribution in [3.05, 3.63) is 12.2 Å². The molecule has 0 spiro atoms. The molecule has 1 aliphatic carbocycles. The summed E-state index contributed by atoms with van der Waals surface area (Å²) in [6.07, 6.45) is 6.97. The Balaban J connectivity index is 2.95. The summed E-state index contributed by atoms with van der Waals surface area (Å²) in [5, 5.41) is 0. The van der Waals surface area contributed by atoms with Gasteiger partial charge in [0.05, 0.1) is 0 Å². The standard InChI is InChI=1S/C15H32O4Si2/c1-6-16-20(5,15-12-10-11-13-15)14-21(17-7-2,18-8-3)19-9-4/h10,12,15H,6-9,11,13-14H2,1-5H3. The predicted octanol–water partition coefficient (Wildman–Crippen LogP) is 3.91. The molecule has 0 N–H and O–H groups in total. The largest absolute Gasteiger partial charge is 0.500 e. The molecule has 21 heavy (non-hydrogen) atoms. The van der Waals surface area contributed by atoms with E-state index in [1.807, 2.05) is 20.8 Å². The molecular weight excluding hydrogens is 300 g/mol. The summed E-state index contributed by atoms with van der Waals surface area (Å²) in [6, 6.07) is 0. The van der Waals surface area contributed by atoms with Crippen LogP contribution in [0.2, 0.25) is 17.8 Å². The molecule has 0 aromatic heterocycles. The highest BCUT2D eigenvalue weighted by molar-refractivity contribution is 6.87. The fourth-order valence-electron chi connectivity index (χ4n) is 3.13. The van der Waals surface area contributed by atoms with Crippen molar-refractivity contribution in [1.82, 2.24) is 0 Å². The normalized spacial score (nSPS) is 21.7.